The van der Waals surface area contributed by atoms with Crippen molar-refractivity contribution in [1.29, 1.82) is 0 Å². The molecule has 1 atom stereocenters. The van der Waals surface area contributed by atoms with Crippen LogP contribution in [0, 0.1) is 5.92 Å². The van der Waals surface area contributed by atoms with Gasteiger partial charge in [-0.15, -0.1) is 0 Å². The summed E-state index contributed by atoms with van der Waals surface area (Å²) in [5.74, 6) is 0.672. The molecule has 3 nitrogen and oxygen atoms in total. The van der Waals surface area contributed by atoms with Gasteiger partial charge in [0.25, 0.3) is 0 Å². The molecule has 1 rings (SSSR count). The number of hydrogen-bond donors (Lipinski definition) is 3. The molecular weight excluding hydrogens is 166 g/mol. The van der Waals surface area contributed by atoms with Gasteiger partial charge < -0.3 is 15.5 Å². The second kappa shape index (κ2) is 6.13. The Kier molecular flexibility index (Phi) is 5.05. The van der Waals surface area contributed by atoms with Crippen molar-refractivity contribution in [3.8, 4) is 0 Å². The SMILES string of the molecule is OCC(CO)NCC1CC=CCC1. The van der Waals surface area contributed by atoms with E-state index in [9.17, 15) is 0 Å². The molecule has 3 heteroatoms. The lowest BCUT2D eigenvalue weighted by molar-refractivity contribution is 0.166. The molecule has 0 radical (unpaired) electrons. The Hall–Kier alpha value is -0.380. The summed E-state index contributed by atoms with van der Waals surface area (Å²) in [5, 5.41) is 20.8. The van der Waals surface area contributed by atoms with Crippen LogP contribution in [0.5, 0.6) is 0 Å². The second-order valence-electron chi connectivity index (χ2n) is 3.62. The molecule has 1 aliphatic rings. The van der Waals surface area contributed by atoms with E-state index in [-0.39, 0.29) is 19.3 Å². The lowest BCUT2D eigenvalue weighted by Gasteiger charge is -2.21. The standard InChI is InChI=1S/C10H19NO2/c12-7-10(8-13)11-6-9-4-2-1-3-5-9/h1-2,9-13H,3-8H2. The van der Waals surface area contributed by atoms with E-state index in [0.29, 0.717) is 5.92 Å². The van der Waals surface area contributed by atoms with Crippen molar-refractivity contribution in [3.05, 3.63) is 12.2 Å². The summed E-state index contributed by atoms with van der Waals surface area (Å²) in [6, 6.07) is -0.147. The van der Waals surface area contributed by atoms with Crippen LogP contribution in [0.2, 0.25) is 0 Å². The number of aliphatic hydroxyl groups excluding tert-OH is 2. The van der Waals surface area contributed by atoms with Crippen LogP contribution in [0.15, 0.2) is 12.2 Å². The van der Waals surface area contributed by atoms with Gasteiger partial charge in [-0.05, 0) is 31.7 Å². The predicted molar refractivity (Wildman–Crippen MR) is 52.4 cm³/mol. The van der Waals surface area contributed by atoms with Gasteiger partial charge in [0.2, 0.25) is 0 Å². The highest BCUT2D eigenvalue weighted by Gasteiger charge is 2.11. The average molecular weight is 185 g/mol. The molecule has 1 unspecified atom stereocenters. The highest BCUT2D eigenvalue weighted by molar-refractivity contribution is 4.90. The number of hydrogen-bond acceptors (Lipinski definition) is 3. The molecule has 1 aliphatic carbocycles. The van der Waals surface area contributed by atoms with Crippen LogP contribution in [-0.4, -0.2) is 36.0 Å². The largest absolute Gasteiger partial charge is 0.395 e. The number of nitrogens with one attached hydrogen (secondary N) is 1. The first kappa shape index (κ1) is 10.7. The molecule has 3 N–H and O–H groups in total. The van der Waals surface area contributed by atoms with Crippen molar-refractivity contribution in [2.45, 2.75) is 25.3 Å². The zero-order valence-electron chi connectivity index (χ0n) is 7.95. The van der Waals surface area contributed by atoms with Gasteiger partial charge in [0.05, 0.1) is 19.3 Å². The van der Waals surface area contributed by atoms with E-state index in [4.69, 9.17) is 10.2 Å². The first-order valence-corrected chi connectivity index (χ1v) is 4.97. The molecule has 76 valence electrons. The molecule has 0 bridgehead atoms. The maximum atomic E-state index is 8.82. The lowest BCUT2D eigenvalue weighted by atomic mass is 9.94. The molecular formula is C10H19NO2. The molecule has 0 heterocycles. The number of aliphatic hydroxyl groups is 2. The van der Waals surface area contributed by atoms with Crippen molar-refractivity contribution in [1.82, 2.24) is 5.32 Å². The smallest absolute Gasteiger partial charge is 0.0607 e. The Balaban J connectivity index is 2.13. The van der Waals surface area contributed by atoms with E-state index in [1.54, 1.807) is 0 Å². The van der Waals surface area contributed by atoms with Crippen LogP contribution in [0.1, 0.15) is 19.3 Å². The maximum Gasteiger partial charge on any atom is 0.0607 e. The van der Waals surface area contributed by atoms with Gasteiger partial charge in [0.15, 0.2) is 0 Å². The predicted octanol–water partition coefficient (Wildman–Crippen LogP) is 0.285. The highest BCUT2D eigenvalue weighted by Crippen LogP contribution is 2.16. The number of rotatable bonds is 5. The van der Waals surface area contributed by atoms with Crippen molar-refractivity contribution >= 4 is 0 Å². The Morgan fingerprint density at radius 3 is 2.62 bits per heavy atom. The van der Waals surface area contributed by atoms with Crippen LogP contribution >= 0.6 is 0 Å². The fourth-order valence-electron chi connectivity index (χ4n) is 1.56. The third kappa shape index (κ3) is 3.89. The van der Waals surface area contributed by atoms with Gasteiger partial charge in [-0.1, -0.05) is 12.2 Å². The van der Waals surface area contributed by atoms with Crippen molar-refractivity contribution in [2.75, 3.05) is 19.8 Å². The van der Waals surface area contributed by atoms with Gasteiger partial charge in [0.1, 0.15) is 0 Å². The monoisotopic (exact) mass is 185 g/mol. The second-order valence-corrected chi connectivity index (χ2v) is 3.62. The van der Waals surface area contributed by atoms with Crippen molar-refractivity contribution < 1.29 is 10.2 Å². The minimum Gasteiger partial charge on any atom is -0.395 e. The third-order valence-corrected chi connectivity index (χ3v) is 2.51. The molecule has 0 spiro atoms. The van der Waals surface area contributed by atoms with Crippen molar-refractivity contribution in [2.24, 2.45) is 5.92 Å². The van der Waals surface area contributed by atoms with Crippen LogP contribution in [0.3, 0.4) is 0 Å². The van der Waals surface area contributed by atoms with Gasteiger partial charge >= 0.3 is 0 Å². The summed E-state index contributed by atoms with van der Waals surface area (Å²) in [7, 11) is 0. The summed E-state index contributed by atoms with van der Waals surface area (Å²) >= 11 is 0. The summed E-state index contributed by atoms with van der Waals surface area (Å²) in [4.78, 5) is 0. The number of allylic oxidation sites excluding steroid dienone is 2. The lowest BCUT2D eigenvalue weighted by Crippen LogP contribution is -2.38. The Labute approximate surface area is 79.5 Å². The quantitative estimate of drug-likeness (QED) is 0.539. The molecule has 0 aromatic carbocycles. The molecule has 0 saturated carbocycles. The fourth-order valence-corrected chi connectivity index (χ4v) is 1.56. The van der Waals surface area contributed by atoms with Crippen molar-refractivity contribution in [3.63, 3.8) is 0 Å². The maximum absolute atomic E-state index is 8.82. The van der Waals surface area contributed by atoms with E-state index < -0.39 is 0 Å². The normalized spacial score (nSPS) is 22.5. The first-order valence-electron chi connectivity index (χ1n) is 4.97. The fraction of sp³-hybridized carbons (Fsp3) is 0.800. The molecule has 0 fully saturated rings. The average Bonchev–Trinajstić information content (AvgIpc) is 2.21. The third-order valence-electron chi connectivity index (χ3n) is 2.51. The summed E-state index contributed by atoms with van der Waals surface area (Å²) < 4.78 is 0. The Morgan fingerprint density at radius 1 is 1.31 bits per heavy atom. The van der Waals surface area contributed by atoms with Gasteiger partial charge in [-0.25, -0.2) is 0 Å². The summed E-state index contributed by atoms with van der Waals surface area (Å²) in [6.45, 7) is 0.925. The minimum atomic E-state index is -0.147. The van der Waals surface area contributed by atoms with Gasteiger partial charge in [0, 0.05) is 0 Å². The van der Waals surface area contributed by atoms with Crippen LogP contribution < -0.4 is 5.32 Å². The molecule has 0 amide bonds. The summed E-state index contributed by atoms with van der Waals surface area (Å²) in [5.41, 5.74) is 0. The van der Waals surface area contributed by atoms with E-state index in [2.05, 4.69) is 17.5 Å². The molecule has 0 aliphatic heterocycles. The van der Waals surface area contributed by atoms with Crippen LogP contribution in [0.25, 0.3) is 0 Å². The summed E-state index contributed by atoms with van der Waals surface area (Å²) in [6.07, 6.45) is 7.92. The molecule has 0 aromatic rings. The van der Waals surface area contributed by atoms with E-state index in [1.807, 2.05) is 0 Å². The zero-order valence-corrected chi connectivity index (χ0v) is 7.95. The highest BCUT2D eigenvalue weighted by atomic mass is 16.3. The van der Waals surface area contributed by atoms with Crippen LogP contribution in [0.4, 0.5) is 0 Å². The molecule has 13 heavy (non-hydrogen) atoms. The Morgan fingerprint density at radius 2 is 2.08 bits per heavy atom. The Bertz CT molecular complexity index is 155. The minimum absolute atomic E-state index is 0.0130. The van der Waals surface area contributed by atoms with Crippen LogP contribution in [-0.2, 0) is 0 Å². The van der Waals surface area contributed by atoms with E-state index >= 15 is 0 Å². The molecule has 0 aromatic heterocycles. The van der Waals surface area contributed by atoms with E-state index in [0.717, 1.165) is 19.4 Å². The van der Waals surface area contributed by atoms with E-state index in [1.165, 1.54) is 6.42 Å². The van der Waals surface area contributed by atoms with Gasteiger partial charge in [-0.2, -0.15) is 0 Å². The zero-order chi connectivity index (χ0) is 9.52. The topological polar surface area (TPSA) is 52.5 Å². The first-order chi connectivity index (χ1) is 6.36. The van der Waals surface area contributed by atoms with Gasteiger partial charge in [-0.3, -0.25) is 0 Å². The molecule has 0 saturated heterocycles.